The Morgan fingerprint density at radius 3 is 2.62 bits per heavy atom. The Morgan fingerprint density at radius 2 is 2.14 bits per heavy atom. The van der Waals surface area contributed by atoms with E-state index in [4.69, 9.17) is 14.4 Å². The van der Waals surface area contributed by atoms with E-state index in [0.29, 0.717) is 18.3 Å². The van der Waals surface area contributed by atoms with Gasteiger partial charge in [0.05, 0.1) is 6.54 Å². The van der Waals surface area contributed by atoms with Gasteiger partial charge in [0.1, 0.15) is 0 Å². The summed E-state index contributed by atoms with van der Waals surface area (Å²) in [6.45, 7) is 0.577. The number of hydrogen-bond donors (Lipinski definition) is 2. The molecule has 21 heavy (non-hydrogen) atoms. The predicted octanol–water partition coefficient (Wildman–Crippen LogP) is 1.48. The van der Waals surface area contributed by atoms with Gasteiger partial charge < -0.3 is 14.9 Å². The zero-order chi connectivity index (χ0) is 15.9. The fourth-order valence-corrected chi connectivity index (χ4v) is 1.09. The van der Waals surface area contributed by atoms with Crippen molar-refractivity contribution in [1.29, 1.82) is 0 Å². The van der Waals surface area contributed by atoms with Crippen molar-refractivity contribution in [2.24, 2.45) is 0 Å². The first kappa shape index (κ1) is 16.6. The minimum absolute atomic E-state index is 0.573. The first-order valence-corrected chi connectivity index (χ1v) is 5.52. The first-order valence-electron chi connectivity index (χ1n) is 5.52. The standard InChI is InChI=1S/C9H10N4O.C2HF3O2/c1-10-6-8-12-9(13-14-8)7-3-2-4-11-5-7;3-2(4,5)1(6)7/h2-5,10H,6H2,1H3;(H,6,7). The Kier molecular flexibility index (Phi) is 5.79. The summed E-state index contributed by atoms with van der Waals surface area (Å²) in [6.07, 6.45) is -1.67. The fourth-order valence-electron chi connectivity index (χ4n) is 1.09. The second kappa shape index (κ2) is 7.33. The zero-order valence-electron chi connectivity index (χ0n) is 10.8. The number of carboxylic acids is 1. The highest BCUT2D eigenvalue weighted by molar-refractivity contribution is 5.73. The van der Waals surface area contributed by atoms with Crippen molar-refractivity contribution in [2.75, 3.05) is 7.05 Å². The van der Waals surface area contributed by atoms with Crippen molar-refractivity contribution in [2.45, 2.75) is 12.7 Å². The Labute approximate surface area is 116 Å². The lowest BCUT2D eigenvalue weighted by Crippen LogP contribution is -2.21. The van der Waals surface area contributed by atoms with Crippen LogP contribution >= 0.6 is 0 Å². The minimum atomic E-state index is -5.08. The van der Waals surface area contributed by atoms with Crippen LogP contribution in [-0.2, 0) is 11.3 Å². The summed E-state index contributed by atoms with van der Waals surface area (Å²) in [5, 5.41) is 13.9. The summed E-state index contributed by atoms with van der Waals surface area (Å²) in [4.78, 5) is 17.1. The number of aliphatic carboxylic acids is 1. The monoisotopic (exact) mass is 304 g/mol. The van der Waals surface area contributed by atoms with E-state index in [1.807, 2.05) is 19.2 Å². The molecule has 0 bridgehead atoms. The maximum absolute atomic E-state index is 10.6. The second-order valence-corrected chi connectivity index (χ2v) is 3.59. The van der Waals surface area contributed by atoms with E-state index in [2.05, 4.69) is 20.4 Å². The summed E-state index contributed by atoms with van der Waals surface area (Å²) in [5.41, 5.74) is 0.860. The van der Waals surface area contributed by atoms with Gasteiger partial charge in [-0.05, 0) is 19.2 Å². The molecule has 2 aromatic heterocycles. The molecule has 2 heterocycles. The highest BCUT2D eigenvalue weighted by Crippen LogP contribution is 2.13. The third-order valence-corrected chi connectivity index (χ3v) is 1.96. The quantitative estimate of drug-likeness (QED) is 0.885. The summed E-state index contributed by atoms with van der Waals surface area (Å²) in [6, 6.07) is 3.73. The van der Waals surface area contributed by atoms with Crippen LogP contribution in [0.4, 0.5) is 13.2 Å². The van der Waals surface area contributed by atoms with Crippen molar-refractivity contribution in [3.8, 4) is 11.4 Å². The number of aromatic nitrogens is 3. The first-order chi connectivity index (χ1) is 9.84. The Hall–Kier alpha value is -2.49. The average Bonchev–Trinajstić information content (AvgIpc) is 2.88. The van der Waals surface area contributed by atoms with Gasteiger partial charge in [-0.25, -0.2) is 4.79 Å². The van der Waals surface area contributed by atoms with Gasteiger partial charge in [-0.15, -0.1) is 0 Å². The topological polar surface area (TPSA) is 101 Å². The van der Waals surface area contributed by atoms with Gasteiger partial charge in [-0.1, -0.05) is 5.16 Å². The molecular formula is C11H11F3N4O3. The number of halogens is 3. The molecule has 0 aromatic carbocycles. The molecule has 0 radical (unpaired) electrons. The molecule has 0 aliphatic heterocycles. The molecular weight excluding hydrogens is 293 g/mol. The smallest absolute Gasteiger partial charge is 0.475 e. The normalized spacial score (nSPS) is 10.7. The average molecular weight is 304 g/mol. The predicted molar refractivity (Wildman–Crippen MR) is 64.0 cm³/mol. The summed E-state index contributed by atoms with van der Waals surface area (Å²) >= 11 is 0. The molecule has 0 aliphatic rings. The van der Waals surface area contributed by atoms with Gasteiger partial charge >= 0.3 is 12.1 Å². The highest BCUT2D eigenvalue weighted by atomic mass is 19.4. The largest absolute Gasteiger partial charge is 0.490 e. The van der Waals surface area contributed by atoms with Crippen LogP contribution < -0.4 is 5.32 Å². The summed E-state index contributed by atoms with van der Waals surface area (Å²) < 4.78 is 36.7. The number of alkyl halides is 3. The molecule has 7 nitrogen and oxygen atoms in total. The van der Waals surface area contributed by atoms with E-state index in [1.165, 1.54) is 0 Å². The van der Waals surface area contributed by atoms with Crippen molar-refractivity contribution >= 4 is 5.97 Å². The van der Waals surface area contributed by atoms with E-state index >= 15 is 0 Å². The van der Waals surface area contributed by atoms with Crippen molar-refractivity contribution < 1.29 is 27.6 Å². The lowest BCUT2D eigenvalue weighted by Gasteiger charge is -1.93. The minimum Gasteiger partial charge on any atom is -0.475 e. The van der Waals surface area contributed by atoms with Crippen molar-refractivity contribution in [3.05, 3.63) is 30.4 Å². The van der Waals surface area contributed by atoms with E-state index in [9.17, 15) is 13.2 Å². The number of carboxylic acid groups (broad SMARTS) is 1. The number of hydrogen-bond acceptors (Lipinski definition) is 6. The number of rotatable bonds is 3. The van der Waals surface area contributed by atoms with Gasteiger partial charge in [0, 0.05) is 18.0 Å². The van der Waals surface area contributed by atoms with Crippen LogP contribution in [0.3, 0.4) is 0 Å². The third-order valence-electron chi connectivity index (χ3n) is 1.96. The van der Waals surface area contributed by atoms with Gasteiger partial charge in [0.15, 0.2) is 0 Å². The molecule has 0 saturated carbocycles. The third kappa shape index (κ3) is 5.57. The van der Waals surface area contributed by atoms with Crippen molar-refractivity contribution in [1.82, 2.24) is 20.4 Å². The molecule has 0 saturated heterocycles. The molecule has 10 heteroatoms. The maximum atomic E-state index is 10.6. The number of nitrogens with zero attached hydrogens (tertiary/aromatic N) is 3. The van der Waals surface area contributed by atoms with Gasteiger partial charge in [-0.2, -0.15) is 18.2 Å². The van der Waals surface area contributed by atoms with Gasteiger partial charge in [0.25, 0.3) is 0 Å². The van der Waals surface area contributed by atoms with E-state index in [1.54, 1.807) is 12.4 Å². The molecule has 2 N–H and O–H groups in total. The molecule has 2 aromatic rings. The Bertz CT molecular complexity index is 572. The molecule has 0 atom stereocenters. The van der Waals surface area contributed by atoms with E-state index in [0.717, 1.165) is 5.56 Å². The zero-order valence-corrected chi connectivity index (χ0v) is 10.8. The number of pyridine rings is 1. The van der Waals surface area contributed by atoms with Crippen LogP contribution in [0.15, 0.2) is 29.0 Å². The maximum Gasteiger partial charge on any atom is 0.490 e. The van der Waals surface area contributed by atoms with Gasteiger partial charge in [-0.3, -0.25) is 4.98 Å². The van der Waals surface area contributed by atoms with Crippen LogP contribution in [0.2, 0.25) is 0 Å². The van der Waals surface area contributed by atoms with Crippen molar-refractivity contribution in [3.63, 3.8) is 0 Å². The van der Waals surface area contributed by atoms with Crippen LogP contribution in [-0.4, -0.2) is 39.4 Å². The molecule has 0 aliphatic carbocycles. The lowest BCUT2D eigenvalue weighted by atomic mass is 10.3. The SMILES string of the molecule is CNCc1nc(-c2cccnc2)no1.O=C(O)C(F)(F)F. The van der Waals surface area contributed by atoms with Crippen LogP contribution in [0.1, 0.15) is 5.89 Å². The Balaban J connectivity index is 0.000000270. The van der Waals surface area contributed by atoms with Crippen LogP contribution in [0.25, 0.3) is 11.4 Å². The number of carbonyl (C=O) groups is 1. The molecule has 0 fully saturated rings. The molecule has 2 rings (SSSR count). The fraction of sp³-hybridized carbons (Fsp3) is 0.273. The summed E-state index contributed by atoms with van der Waals surface area (Å²) in [5.74, 6) is -1.61. The lowest BCUT2D eigenvalue weighted by molar-refractivity contribution is -0.192. The van der Waals surface area contributed by atoms with E-state index < -0.39 is 12.1 Å². The van der Waals surface area contributed by atoms with Crippen LogP contribution in [0, 0.1) is 0 Å². The molecule has 0 spiro atoms. The van der Waals surface area contributed by atoms with Crippen LogP contribution in [0.5, 0.6) is 0 Å². The highest BCUT2D eigenvalue weighted by Gasteiger charge is 2.38. The molecule has 0 amide bonds. The molecule has 0 unspecified atom stereocenters. The number of nitrogens with one attached hydrogen (secondary N) is 1. The Morgan fingerprint density at radius 1 is 1.48 bits per heavy atom. The van der Waals surface area contributed by atoms with Gasteiger partial charge in [0.2, 0.25) is 11.7 Å². The second-order valence-electron chi connectivity index (χ2n) is 3.59. The van der Waals surface area contributed by atoms with E-state index in [-0.39, 0.29) is 0 Å². The molecule has 114 valence electrons. The summed E-state index contributed by atoms with van der Waals surface area (Å²) in [7, 11) is 1.83.